The molecular weight excluding hydrogens is 234 g/mol. The quantitative estimate of drug-likeness (QED) is 0.399. The zero-order valence-corrected chi connectivity index (χ0v) is 11.6. The highest BCUT2D eigenvalue weighted by atomic mass is 16.5. The molecule has 18 heavy (non-hydrogen) atoms. The van der Waals surface area contributed by atoms with Gasteiger partial charge in [0.1, 0.15) is 0 Å². The third-order valence-corrected chi connectivity index (χ3v) is 2.47. The maximum Gasteiger partial charge on any atom is 0.0897 e. The molecule has 0 radical (unpaired) electrons. The summed E-state index contributed by atoms with van der Waals surface area (Å²) < 4.78 is 10.6. The van der Waals surface area contributed by atoms with Gasteiger partial charge in [-0.15, -0.1) is 0 Å². The molecule has 0 aromatic heterocycles. The number of hydrogen-bond acceptors (Lipinski definition) is 5. The molecule has 0 bridgehead atoms. The first-order chi connectivity index (χ1) is 8.81. The normalized spacial score (nSPS) is 12.8. The van der Waals surface area contributed by atoms with Crippen LogP contribution in [0.5, 0.6) is 0 Å². The molecule has 1 unspecified atom stereocenters. The fraction of sp³-hybridized carbons (Fsp3) is 1.00. The number of aliphatic hydroxyl groups excluding tert-OH is 2. The van der Waals surface area contributed by atoms with Crippen LogP contribution in [-0.4, -0.2) is 62.4 Å². The third-order valence-electron chi connectivity index (χ3n) is 2.47. The molecule has 0 aliphatic rings. The van der Waals surface area contributed by atoms with Crippen LogP contribution >= 0.6 is 0 Å². The minimum atomic E-state index is -0.477. The number of nitrogens with one attached hydrogen (secondary N) is 1. The van der Waals surface area contributed by atoms with E-state index in [-0.39, 0.29) is 6.61 Å². The molecule has 5 nitrogen and oxygen atoms in total. The van der Waals surface area contributed by atoms with Crippen molar-refractivity contribution in [1.82, 2.24) is 5.32 Å². The van der Waals surface area contributed by atoms with Crippen molar-refractivity contribution in [3.63, 3.8) is 0 Å². The molecule has 0 rings (SSSR count). The van der Waals surface area contributed by atoms with Crippen molar-refractivity contribution in [2.75, 3.05) is 46.1 Å². The van der Waals surface area contributed by atoms with Crippen LogP contribution in [0.1, 0.15) is 32.6 Å². The van der Waals surface area contributed by atoms with Crippen LogP contribution in [0.15, 0.2) is 0 Å². The van der Waals surface area contributed by atoms with Crippen molar-refractivity contribution in [3.8, 4) is 0 Å². The highest BCUT2D eigenvalue weighted by molar-refractivity contribution is 4.58. The van der Waals surface area contributed by atoms with Crippen molar-refractivity contribution in [3.05, 3.63) is 0 Å². The van der Waals surface area contributed by atoms with E-state index in [4.69, 9.17) is 14.6 Å². The van der Waals surface area contributed by atoms with Gasteiger partial charge in [-0.1, -0.05) is 13.3 Å². The van der Waals surface area contributed by atoms with E-state index in [1.807, 2.05) is 0 Å². The zero-order valence-electron chi connectivity index (χ0n) is 11.6. The van der Waals surface area contributed by atoms with Gasteiger partial charge in [0.2, 0.25) is 0 Å². The summed E-state index contributed by atoms with van der Waals surface area (Å²) >= 11 is 0. The van der Waals surface area contributed by atoms with Crippen molar-refractivity contribution < 1.29 is 19.7 Å². The Kier molecular flexibility index (Phi) is 14.7. The van der Waals surface area contributed by atoms with Gasteiger partial charge in [0.25, 0.3) is 0 Å². The van der Waals surface area contributed by atoms with Crippen LogP contribution in [0, 0.1) is 0 Å². The number of unbranched alkanes of at least 4 members (excludes halogenated alkanes) is 2. The van der Waals surface area contributed by atoms with Gasteiger partial charge in [0.05, 0.1) is 25.9 Å². The summed E-state index contributed by atoms with van der Waals surface area (Å²) in [6, 6.07) is 0. The summed E-state index contributed by atoms with van der Waals surface area (Å²) in [6.07, 6.45) is 3.47. The van der Waals surface area contributed by atoms with Crippen LogP contribution in [0.25, 0.3) is 0 Å². The summed E-state index contributed by atoms with van der Waals surface area (Å²) in [5.74, 6) is 0. The number of hydrogen-bond donors (Lipinski definition) is 3. The molecule has 0 saturated heterocycles. The molecule has 0 amide bonds. The number of rotatable bonds is 14. The van der Waals surface area contributed by atoms with Gasteiger partial charge in [0, 0.05) is 19.8 Å². The topological polar surface area (TPSA) is 71.0 Å². The lowest BCUT2D eigenvalue weighted by Gasteiger charge is -2.12. The monoisotopic (exact) mass is 263 g/mol. The van der Waals surface area contributed by atoms with E-state index in [1.165, 1.54) is 0 Å². The highest BCUT2D eigenvalue weighted by Crippen LogP contribution is 1.90. The second-order valence-corrected chi connectivity index (χ2v) is 4.33. The summed E-state index contributed by atoms with van der Waals surface area (Å²) in [5, 5.41) is 21.3. The summed E-state index contributed by atoms with van der Waals surface area (Å²) in [5.41, 5.74) is 0. The van der Waals surface area contributed by atoms with Gasteiger partial charge < -0.3 is 25.0 Å². The third kappa shape index (κ3) is 13.9. The molecule has 0 aromatic rings. The van der Waals surface area contributed by atoms with Crippen LogP contribution in [0.3, 0.4) is 0 Å². The van der Waals surface area contributed by atoms with E-state index in [0.717, 1.165) is 38.8 Å². The second kappa shape index (κ2) is 14.9. The van der Waals surface area contributed by atoms with Gasteiger partial charge in [-0.3, -0.25) is 0 Å². The van der Waals surface area contributed by atoms with Crippen LogP contribution in [0.2, 0.25) is 0 Å². The van der Waals surface area contributed by atoms with Crippen molar-refractivity contribution in [2.24, 2.45) is 0 Å². The molecule has 1 atom stereocenters. The Morgan fingerprint density at radius 3 is 2.56 bits per heavy atom. The molecule has 0 spiro atoms. The maximum absolute atomic E-state index is 9.57. The Bertz CT molecular complexity index is 158. The first kappa shape index (κ1) is 17.8. The molecule has 110 valence electrons. The van der Waals surface area contributed by atoms with Crippen LogP contribution < -0.4 is 5.32 Å². The molecule has 3 N–H and O–H groups in total. The lowest BCUT2D eigenvalue weighted by molar-refractivity contribution is 0.00395. The second-order valence-electron chi connectivity index (χ2n) is 4.33. The highest BCUT2D eigenvalue weighted by Gasteiger charge is 2.03. The largest absolute Gasteiger partial charge is 0.396 e. The van der Waals surface area contributed by atoms with Crippen LogP contribution in [0.4, 0.5) is 0 Å². The Morgan fingerprint density at radius 2 is 1.83 bits per heavy atom. The first-order valence-electron chi connectivity index (χ1n) is 6.96. The smallest absolute Gasteiger partial charge is 0.0897 e. The predicted molar refractivity (Wildman–Crippen MR) is 71.7 cm³/mol. The summed E-state index contributed by atoms with van der Waals surface area (Å²) in [6.45, 7) is 5.95. The Labute approximate surface area is 110 Å². The fourth-order valence-electron chi connectivity index (χ4n) is 1.38. The van der Waals surface area contributed by atoms with E-state index in [2.05, 4.69) is 12.2 Å². The van der Waals surface area contributed by atoms with Gasteiger partial charge in [-0.2, -0.15) is 0 Å². The molecule has 0 fully saturated rings. The van der Waals surface area contributed by atoms with Gasteiger partial charge in [0.15, 0.2) is 0 Å². The lowest BCUT2D eigenvalue weighted by Crippen LogP contribution is -2.31. The average Bonchev–Trinajstić information content (AvgIpc) is 2.37. The fourth-order valence-corrected chi connectivity index (χ4v) is 1.38. The van der Waals surface area contributed by atoms with Crippen molar-refractivity contribution in [2.45, 2.75) is 38.7 Å². The Balaban J connectivity index is 3.09. The lowest BCUT2D eigenvalue weighted by atomic mass is 10.3. The summed E-state index contributed by atoms with van der Waals surface area (Å²) in [4.78, 5) is 0. The minimum absolute atomic E-state index is 0.228. The van der Waals surface area contributed by atoms with Gasteiger partial charge >= 0.3 is 0 Å². The SMILES string of the molecule is CCCCOCCOCC(O)CNCCCCO. The van der Waals surface area contributed by atoms with Crippen molar-refractivity contribution in [1.29, 1.82) is 0 Å². The molecular formula is C13H29NO4. The molecule has 0 heterocycles. The molecule has 0 aromatic carbocycles. The molecule has 0 saturated carbocycles. The minimum Gasteiger partial charge on any atom is -0.396 e. The molecule has 0 aliphatic carbocycles. The average molecular weight is 263 g/mol. The Morgan fingerprint density at radius 1 is 1.06 bits per heavy atom. The Hall–Kier alpha value is -0.200. The summed E-state index contributed by atoms with van der Waals surface area (Å²) in [7, 11) is 0. The van der Waals surface area contributed by atoms with E-state index < -0.39 is 6.10 Å². The van der Waals surface area contributed by atoms with Gasteiger partial charge in [-0.25, -0.2) is 0 Å². The van der Waals surface area contributed by atoms with E-state index >= 15 is 0 Å². The first-order valence-corrected chi connectivity index (χ1v) is 6.96. The number of ether oxygens (including phenoxy) is 2. The van der Waals surface area contributed by atoms with E-state index in [1.54, 1.807) is 0 Å². The van der Waals surface area contributed by atoms with E-state index in [0.29, 0.717) is 26.4 Å². The zero-order chi connectivity index (χ0) is 13.5. The van der Waals surface area contributed by atoms with Crippen LogP contribution in [-0.2, 0) is 9.47 Å². The maximum atomic E-state index is 9.57. The van der Waals surface area contributed by atoms with E-state index in [9.17, 15) is 5.11 Å². The number of aliphatic hydroxyl groups is 2. The standard InChI is InChI=1S/C13H29NO4/c1-2-3-8-17-9-10-18-12-13(16)11-14-6-4-5-7-15/h13-16H,2-12H2,1H3. The molecule has 0 aliphatic heterocycles. The van der Waals surface area contributed by atoms with Crippen molar-refractivity contribution >= 4 is 0 Å². The molecule has 5 heteroatoms. The van der Waals surface area contributed by atoms with Gasteiger partial charge in [-0.05, 0) is 25.8 Å². The predicted octanol–water partition coefficient (Wildman–Crippen LogP) is 0.543.